The Kier molecular flexibility index (Phi) is 9.25. The lowest BCUT2D eigenvalue weighted by Crippen LogP contribution is -2.60. The summed E-state index contributed by atoms with van der Waals surface area (Å²) in [6.07, 6.45) is -7.31. The third kappa shape index (κ3) is 6.55. The normalized spacial score (nSPS) is 43.3. The fraction of sp³-hybridized carbons (Fsp3) is 0.792. The number of allylic oxidation sites excluding steroid dienone is 3. The molecule has 2 heterocycles. The minimum absolute atomic E-state index is 0.0211. The molecule has 11 atom stereocenters. The van der Waals surface area contributed by atoms with E-state index < -0.39 is 61.4 Å². The second kappa shape index (κ2) is 11.4. The summed E-state index contributed by atoms with van der Waals surface area (Å²) >= 11 is 0. The summed E-state index contributed by atoms with van der Waals surface area (Å²) < 4.78 is 22.0. The molecular weight excluding hydrogens is 464 g/mol. The first-order valence-corrected chi connectivity index (χ1v) is 11.8. The Labute approximate surface area is 204 Å². The maximum absolute atomic E-state index is 11.9. The van der Waals surface area contributed by atoms with Crippen LogP contribution in [0.15, 0.2) is 23.8 Å². The summed E-state index contributed by atoms with van der Waals surface area (Å²) in [5.41, 5.74) is 0.689. The molecule has 200 valence electrons. The molecule has 0 amide bonds. The van der Waals surface area contributed by atoms with Gasteiger partial charge in [-0.15, -0.1) is 0 Å². The SMILES string of the molecule is CC1=CC(=O)CC(C)(C)C1/C=C/[C@H](C)O[C@@H]1O[C@H](CO[C@@H]2OC[C@@H](O)[C@H](O)[C@H]2O)[C@@H](O)[C@H](O)[C@H]1O. The highest BCUT2D eigenvalue weighted by atomic mass is 16.7. The van der Waals surface area contributed by atoms with Crippen molar-refractivity contribution in [2.24, 2.45) is 11.3 Å². The van der Waals surface area contributed by atoms with Gasteiger partial charge in [0.2, 0.25) is 0 Å². The van der Waals surface area contributed by atoms with E-state index >= 15 is 0 Å². The van der Waals surface area contributed by atoms with Crippen LogP contribution in [-0.2, 0) is 23.7 Å². The quantitative estimate of drug-likeness (QED) is 0.230. The van der Waals surface area contributed by atoms with Gasteiger partial charge >= 0.3 is 0 Å². The van der Waals surface area contributed by atoms with E-state index in [-0.39, 0.29) is 30.3 Å². The number of carbonyl (C=O) groups is 1. The molecule has 0 aromatic carbocycles. The van der Waals surface area contributed by atoms with Crippen molar-refractivity contribution < 1.29 is 54.4 Å². The van der Waals surface area contributed by atoms with Crippen LogP contribution in [0.25, 0.3) is 0 Å². The molecule has 11 heteroatoms. The summed E-state index contributed by atoms with van der Waals surface area (Å²) in [4.78, 5) is 11.9. The lowest BCUT2D eigenvalue weighted by molar-refractivity contribution is -0.324. The van der Waals surface area contributed by atoms with E-state index in [1.165, 1.54) is 0 Å². The number of ketones is 1. The molecule has 6 N–H and O–H groups in total. The molecule has 1 unspecified atom stereocenters. The van der Waals surface area contributed by atoms with Gasteiger partial charge in [-0.05, 0) is 25.3 Å². The zero-order chi connectivity index (χ0) is 26.1. The Morgan fingerprint density at radius 2 is 1.71 bits per heavy atom. The van der Waals surface area contributed by atoms with Gasteiger partial charge in [0.1, 0.15) is 42.7 Å². The van der Waals surface area contributed by atoms with Gasteiger partial charge in [-0.25, -0.2) is 0 Å². The van der Waals surface area contributed by atoms with E-state index in [0.717, 1.165) is 5.57 Å². The van der Waals surface area contributed by atoms with Gasteiger partial charge in [-0.2, -0.15) is 0 Å². The van der Waals surface area contributed by atoms with Crippen LogP contribution < -0.4 is 0 Å². The number of rotatable bonds is 7. The Balaban J connectivity index is 1.60. The highest BCUT2D eigenvalue weighted by Crippen LogP contribution is 2.40. The number of carbonyl (C=O) groups excluding carboxylic acids is 1. The van der Waals surface area contributed by atoms with Crippen LogP contribution in [0, 0.1) is 11.3 Å². The molecule has 11 nitrogen and oxygen atoms in total. The molecule has 2 aliphatic heterocycles. The number of ether oxygens (including phenoxy) is 4. The number of hydrogen-bond donors (Lipinski definition) is 6. The van der Waals surface area contributed by atoms with Crippen LogP contribution in [0.5, 0.6) is 0 Å². The van der Waals surface area contributed by atoms with Crippen molar-refractivity contribution in [1.82, 2.24) is 0 Å². The Morgan fingerprint density at radius 3 is 2.37 bits per heavy atom. The van der Waals surface area contributed by atoms with Crippen molar-refractivity contribution in [3.05, 3.63) is 23.8 Å². The molecule has 0 spiro atoms. The van der Waals surface area contributed by atoms with Crippen molar-refractivity contribution in [2.75, 3.05) is 13.2 Å². The van der Waals surface area contributed by atoms with Gasteiger partial charge in [-0.3, -0.25) is 4.79 Å². The zero-order valence-corrected chi connectivity index (χ0v) is 20.4. The van der Waals surface area contributed by atoms with Crippen molar-refractivity contribution in [2.45, 2.75) is 95.5 Å². The molecule has 0 bridgehead atoms. The van der Waals surface area contributed by atoms with Crippen molar-refractivity contribution in [3.63, 3.8) is 0 Å². The predicted molar refractivity (Wildman–Crippen MR) is 121 cm³/mol. The Bertz CT molecular complexity index is 796. The maximum atomic E-state index is 11.9. The third-order valence-corrected chi connectivity index (χ3v) is 6.82. The standard InChI is InChI=1S/C24H38O11/c1-11-7-13(25)8-24(3,4)14(11)6-5-12(2)34-23-21(31)19(29)18(28)16(35-23)10-33-22-20(30)17(27)15(26)9-32-22/h5-7,12,14-23,26-31H,8-10H2,1-4H3/b6-5+/t12-,14?,15+,16+,17-,18+,19-,20+,21+,22-,23+/m0/s1. The summed E-state index contributed by atoms with van der Waals surface area (Å²) in [5.74, 6) is 0.116. The highest BCUT2D eigenvalue weighted by molar-refractivity contribution is 5.92. The lowest BCUT2D eigenvalue weighted by atomic mass is 9.68. The largest absolute Gasteiger partial charge is 0.388 e. The molecule has 0 saturated carbocycles. The Morgan fingerprint density at radius 1 is 1.06 bits per heavy atom. The van der Waals surface area contributed by atoms with Crippen LogP contribution in [-0.4, -0.2) is 111 Å². The molecule has 3 aliphatic rings. The predicted octanol–water partition coefficient (Wildman–Crippen LogP) is -1.23. The Hall–Kier alpha value is -1.25. The van der Waals surface area contributed by atoms with Gasteiger partial charge in [-0.1, -0.05) is 31.6 Å². The topological polar surface area (TPSA) is 175 Å². The second-order valence-corrected chi connectivity index (χ2v) is 10.3. The fourth-order valence-electron chi connectivity index (χ4n) is 4.79. The van der Waals surface area contributed by atoms with Crippen LogP contribution >= 0.6 is 0 Å². The van der Waals surface area contributed by atoms with Crippen LogP contribution in [0.1, 0.15) is 34.1 Å². The first-order chi connectivity index (χ1) is 16.3. The van der Waals surface area contributed by atoms with E-state index in [1.807, 2.05) is 26.8 Å². The minimum Gasteiger partial charge on any atom is -0.388 e. The van der Waals surface area contributed by atoms with Gasteiger partial charge in [0.05, 0.1) is 19.3 Å². The van der Waals surface area contributed by atoms with E-state index in [2.05, 4.69) is 0 Å². The number of hydrogen-bond acceptors (Lipinski definition) is 11. The molecule has 0 aromatic rings. The van der Waals surface area contributed by atoms with Crippen LogP contribution in [0.3, 0.4) is 0 Å². The number of aliphatic hydroxyl groups is 6. The first-order valence-electron chi connectivity index (χ1n) is 11.8. The second-order valence-electron chi connectivity index (χ2n) is 10.3. The molecule has 2 fully saturated rings. The summed E-state index contributed by atoms with van der Waals surface area (Å²) in [7, 11) is 0. The minimum atomic E-state index is -1.59. The van der Waals surface area contributed by atoms with Crippen LogP contribution in [0.2, 0.25) is 0 Å². The van der Waals surface area contributed by atoms with Crippen molar-refractivity contribution >= 4 is 5.78 Å². The molecule has 0 radical (unpaired) electrons. The average molecular weight is 503 g/mol. The summed E-state index contributed by atoms with van der Waals surface area (Å²) in [6.45, 7) is 7.06. The van der Waals surface area contributed by atoms with E-state index in [1.54, 1.807) is 19.1 Å². The van der Waals surface area contributed by atoms with Crippen molar-refractivity contribution in [3.8, 4) is 0 Å². The molecule has 3 rings (SSSR count). The van der Waals surface area contributed by atoms with Crippen molar-refractivity contribution in [1.29, 1.82) is 0 Å². The van der Waals surface area contributed by atoms with Crippen LogP contribution in [0.4, 0.5) is 0 Å². The van der Waals surface area contributed by atoms with Gasteiger partial charge in [0, 0.05) is 12.3 Å². The molecular formula is C24H38O11. The fourth-order valence-corrected chi connectivity index (χ4v) is 4.79. The average Bonchev–Trinajstić information content (AvgIpc) is 2.76. The molecule has 0 aromatic heterocycles. The summed E-state index contributed by atoms with van der Waals surface area (Å²) in [6, 6.07) is 0. The lowest BCUT2D eigenvalue weighted by Gasteiger charge is -2.42. The third-order valence-electron chi connectivity index (χ3n) is 6.82. The smallest absolute Gasteiger partial charge is 0.187 e. The first kappa shape index (κ1) is 28.3. The zero-order valence-electron chi connectivity index (χ0n) is 20.4. The van der Waals surface area contributed by atoms with E-state index in [9.17, 15) is 35.4 Å². The van der Waals surface area contributed by atoms with E-state index in [0.29, 0.717) is 6.42 Å². The maximum Gasteiger partial charge on any atom is 0.187 e. The molecule has 1 aliphatic carbocycles. The van der Waals surface area contributed by atoms with Gasteiger partial charge in [0.25, 0.3) is 0 Å². The van der Waals surface area contributed by atoms with Gasteiger partial charge in [0.15, 0.2) is 18.4 Å². The van der Waals surface area contributed by atoms with E-state index in [4.69, 9.17) is 18.9 Å². The number of aliphatic hydroxyl groups excluding tert-OH is 6. The summed E-state index contributed by atoms with van der Waals surface area (Å²) in [5, 5.41) is 60.3. The monoisotopic (exact) mass is 502 g/mol. The molecule has 35 heavy (non-hydrogen) atoms. The highest BCUT2D eigenvalue weighted by Gasteiger charge is 2.46. The van der Waals surface area contributed by atoms with Gasteiger partial charge < -0.3 is 49.6 Å². The molecule has 2 saturated heterocycles.